The highest BCUT2D eigenvalue weighted by molar-refractivity contribution is 5.93. The van der Waals surface area contributed by atoms with E-state index < -0.39 is 5.91 Å². The van der Waals surface area contributed by atoms with E-state index in [4.69, 9.17) is 5.73 Å². The zero-order valence-electron chi connectivity index (χ0n) is 9.50. The number of hydrogen-bond acceptors (Lipinski definition) is 4. The van der Waals surface area contributed by atoms with Crippen LogP contribution in [0.3, 0.4) is 0 Å². The smallest absolute Gasteiger partial charge is 0.248 e. The molecule has 1 aromatic heterocycles. The molecule has 88 valence electrons. The SMILES string of the molecule is CCCn1nnc(-c2ccc(C(N)=O)cc2)n1. The van der Waals surface area contributed by atoms with Crippen molar-refractivity contribution < 1.29 is 4.79 Å². The van der Waals surface area contributed by atoms with Crippen LogP contribution in [-0.2, 0) is 6.54 Å². The lowest BCUT2D eigenvalue weighted by Crippen LogP contribution is -2.10. The fraction of sp³-hybridized carbons (Fsp3) is 0.273. The second kappa shape index (κ2) is 4.73. The van der Waals surface area contributed by atoms with Crippen LogP contribution >= 0.6 is 0 Å². The lowest BCUT2D eigenvalue weighted by atomic mass is 10.1. The molecule has 2 aromatic rings. The Morgan fingerprint density at radius 1 is 1.35 bits per heavy atom. The first-order valence-corrected chi connectivity index (χ1v) is 5.38. The molecule has 0 aliphatic carbocycles. The summed E-state index contributed by atoms with van der Waals surface area (Å²) < 4.78 is 0. The molecule has 17 heavy (non-hydrogen) atoms. The van der Waals surface area contributed by atoms with Gasteiger partial charge in [0, 0.05) is 11.1 Å². The number of hydrogen-bond donors (Lipinski definition) is 1. The van der Waals surface area contributed by atoms with Gasteiger partial charge in [-0.2, -0.15) is 4.80 Å². The van der Waals surface area contributed by atoms with E-state index in [0.717, 1.165) is 18.5 Å². The number of nitrogens with zero attached hydrogens (tertiary/aromatic N) is 4. The summed E-state index contributed by atoms with van der Waals surface area (Å²) in [5.41, 5.74) is 6.44. The third-order valence-electron chi connectivity index (χ3n) is 2.30. The molecule has 0 saturated carbocycles. The number of carbonyl (C=O) groups excluding carboxylic acids is 1. The van der Waals surface area contributed by atoms with Crippen molar-refractivity contribution in [2.75, 3.05) is 0 Å². The van der Waals surface area contributed by atoms with Gasteiger partial charge < -0.3 is 5.73 Å². The van der Waals surface area contributed by atoms with E-state index >= 15 is 0 Å². The van der Waals surface area contributed by atoms with Crippen molar-refractivity contribution in [3.63, 3.8) is 0 Å². The van der Waals surface area contributed by atoms with Crippen molar-refractivity contribution in [1.29, 1.82) is 0 Å². The molecule has 0 fully saturated rings. The average Bonchev–Trinajstić information content (AvgIpc) is 2.78. The van der Waals surface area contributed by atoms with Crippen molar-refractivity contribution in [2.45, 2.75) is 19.9 Å². The van der Waals surface area contributed by atoms with E-state index in [9.17, 15) is 4.79 Å². The highest BCUT2D eigenvalue weighted by Crippen LogP contribution is 2.14. The lowest BCUT2D eigenvalue weighted by molar-refractivity contribution is 0.100. The van der Waals surface area contributed by atoms with Gasteiger partial charge in [0.15, 0.2) is 0 Å². The van der Waals surface area contributed by atoms with Crippen LogP contribution in [0.1, 0.15) is 23.7 Å². The summed E-state index contributed by atoms with van der Waals surface area (Å²) in [6, 6.07) is 6.82. The first kappa shape index (κ1) is 11.3. The quantitative estimate of drug-likeness (QED) is 0.845. The van der Waals surface area contributed by atoms with E-state index in [2.05, 4.69) is 15.4 Å². The van der Waals surface area contributed by atoms with E-state index in [1.54, 1.807) is 29.1 Å². The third-order valence-corrected chi connectivity index (χ3v) is 2.30. The Morgan fingerprint density at radius 3 is 2.65 bits per heavy atom. The molecule has 1 aromatic carbocycles. The van der Waals surface area contributed by atoms with Crippen LogP contribution in [0.5, 0.6) is 0 Å². The number of nitrogens with two attached hydrogens (primary N) is 1. The molecule has 1 amide bonds. The van der Waals surface area contributed by atoms with Crippen molar-refractivity contribution in [2.24, 2.45) is 5.73 Å². The first-order valence-electron chi connectivity index (χ1n) is 5.38. The summed E-state index contributed by atoms with van der Waals surface area (Å²) in [5.74, 6) is 0.105. The molecular weight excluding hydrogens is 218 g/mol. The fourth-order valence-electron chi connectivity index (χ4n) is 1.44. The van der Waals surface area contributed by atoms with Crippen molar-refractivity contribution in [3.05, 3.63) is 29.8 Å². The number of aryl methyl sites for hydroxylation is 1. The summed E-state index contributed by atoms with van der Waals surface area (Å²) in [7, 11) is 0. The predicted molar refractivity (Wildman–Crippen MR) is 62.1 cm³/mol. The van der Waals surface area contributed by atoms with Crippen LogP contribution in [0, 0.1) is 0 Å². The Bertz CT molecular complexity index is 517. The van der Waals surface area contributed by atoms with E-state index in [1.807, 2.05) is 6.92 Å². The molecule has 0 radical (unpaired) electrons. The molecule has 0 bridgehead atoms. The summed E-state index contributed by atoms with van der Waals surface area (Å²) in [5, 5.41) is 12.1. The van der Waals surface area contributed by atoms with Crippen LogP contribution < -0.4 is 5.73 Å². The minimum Gasteiger partial charge on any atom is -0.366 e. The van der Waals surface area contributed by atoms with Gasteiger partial charge in [-0.3, -0.25) is 4.79 Å². The van der Waals surface area contributed by atoms with Gasteiger partial charge in [-0.15, -0.1) is 10.2 Å². The molecule has 6 heteroatoms. The Labute approximate surface area is 98.4 Å². The molecule has 2 rings (SSSR count). The number of aromatic nitrogens is 4. The summed E-state index contributed by atoms with van der Waals surface area (Å²) >= 11 is 0. The first-order chi connectivity index (χ1) is 8.20. The van der Waals surface area contributed by atoms with Crippen molar-refractivity contribution in [1.82, 2.24) is 20.2 Å². The van der Waals surface area contributed by atoms with E-state index in [1.165, 1.54) is 0 Å². The zero-order valence-corrected chi connectivity index (χ0v) is 9.50. The Kier molecular flexibility index (Phi) is 3.13. The van der Waals surface area contributed by atoms with Gasteiger partial charge in [-0.25, -0.2) is 0 Å². The molecule has 0 atom stereocenters. The highest BCUT2D eigenvalue weighted by atomic mass is 16.1. The van der Waals surface area contributed by atoms with Gasteiger partial charge in [0.2, 0.25) is 11.7 Å². The topological polar surface area (TPSA) is 86.7 Å². The normalized spacial score (nSPS) is 10.4. The molecule has 2 N–H and O–H groups in total. The van der Waals surface area contributed by atoms with Gasteiger partial charge in [0.25, 0.3) is 0 Å². The van der Waals surface area contributed by atoms with E-state index in [-0.39, 0.29) is 0 Å². The van der Waals surface area contributed by atoms with Gasteiger partial charge in [0.05, 0.1) is 6.54 Å². The molecule has 0 saturated heterocycles. The minimum atomic E-state index is -0.445. The Hall–Kier alpha value is -2.24. The summed E-state index contributed by atoms with van der Waals surface area (Å²) in [4.78, 5) is 12.5. The standard InChI is InChI=1S/C11H13N5O/c1-2-7-16-14-11(13-15-16)9-5-3-8(4-6-9)10(12)17/h3-6H,2,7H2,1H3,(H2,12,17). The summed E-state index contributed by atoms with van der Waals surface area (Å²) in [6.07, 6.45) is 0.955. The number of carbonyl (C=O) groups is 1. The Balaban J connectivity index is 2.23. The molecule has 0 aliphatic heterocycles. The van der Waals surface area contributed by atoms with Crippen LogP contribution in [-0.4, -0.2) is 26.1 Å². The molecule has 1 heterocycles. The maximum Gasteiger partial charge on any atom is 0.248 e. The van der Waals surface area contributed by atoms with Crippen molar-refractivity contribution >= 4 is 5.91 Å². The number of rotatable bonds is 4. The van der Waals surface area contributed by atoms with Crippen LogP contribution in [0.4, 0.5) is 0 Å². The number of amides is 1. The number of tetrazole rings is 1. The lowest BCUT2D eigenvalue weighted by Gasteiger charge is -1.97. The second-order valence-electron chi connectivity index (χ2n) is 3.65. The van der Waals surface area contributed by atoms with Gasteiger partial charge in [-0.1, -0.05) is 19.1 Å². The van der Waals surface area contributed by atoms with Crippen LogP contribution in [0.15, 0.2) is 24.3 Å². The molecule has 0 spiro atoms. The molecule has 0 aliphatic rings. The van der Waals surface area contributed by atoms with E-state index in [0.29, 0.717) is 11.4 Å². The molecule has 6 nitrogen and oxygen atoms in total. The molecular formula is C11H13N5O. The van der Waals surface area contributed by atoms with Gasteiger partial charge >= 0.3 is 0 Å². The second-order valence-corrected chi connectivity index (χ2v) is 3.65. The maximum absolute atomic E-state index is 10.9. The molecule has 0 unspecified atom stereocenters. The summed E-state index contributed by atoms with van der Waals surface area (Å²) in [6.45, 7) is 2.79. The number of primary amides is 1. The largest absolute Gasteiger partial charge is 0.366 e. The van der Waals surface area contributed by atoms with Gasteiger partial charge in [-0.05, 0) is 23.8 Å². The fourth-order valence-corrected chi connectivity index (χ4v) is 1.44. The number of benzene rings is 1. The van der Waals surface area contributed by atoms with Crippen molar-refractivity contribution in [3.8, 4) is 11.4 Å². The minimum absolute atomic E-state index is 0.445. The Morgan fingerprint density at radius 2 is 2.06 bits per heavy atom. The maximum atomic E-state index is 10.9. The monoisotopic (exact) mass is 231 g/mol. The van der Waals surface area contributed by atoms with Gasteiger partial charge in [0.1, 0.15) is 0 Å². The average molecular weight is 231 g/mol. The van der Waals surface area contributed by atoms with Crippen LogP contribution in [0.25, 0.3) is 11.4 Å². The zero-order chi connectivity index (χ0) is 12.3. The van der Waals surface area contributed by atoms with Crippen LogP contribution in [0.2, 0.25) is 0 Å². The highest BCUT2D eigenvalue weighted by Gasteiger charge is 2.06. The predicted octanol–water partition coefficient (Wildman–Crippen LogP) is 0.849. The third kappa shape index (κ3) is 2.47.